The number of halogens is 1. The maximum atomic E-state index is 13.5. The summed E-state index contributed by atoms with van der Waals surface area (Å²) >= 11 is 6.14. The quantitative estimate of drug-likeness (QED) is 0.441. The van der Waals surface area contributed by atoms with Crippen LogP contribution in [0.15, 0.2) is 66.9 Å². The number of benzene rings is 2. The first-order valence-electron chi connectivity index (χ1n) is 12.0. The van der Waals surface area contributed by atoms with Crippen LogP contribution in [-0.2, 0) is 32.6 Å². The second kappa shape index (κ2) is 11.3. The molecule has 10 heteroatoms. The molecule has 0 spiro atoms. The Morgan fingerprint density at radius 1 is 1.14 bits per heavy atom. The van der Waals surface area contributed by atoms with Gasteiger partial charge in [-0.05, 0) is 67.1 Å². The third kappa shape index (κ3) is 6.29. The topological polar surface area (TPSA) is 99.7 Å². The molecule has 3 aromatic rings. The van der Waals surface area contributed by atoms with Gasteiger partial charge in [-0.3, -0.25) is 9.59 Å². The fraction of sp³-hybridized carbons (Fsp3) is 0.296. The Kier molecular flexibility index (Phi) is 8.14. The predicted octanol–water partition coefficient (Wildman–Crippen LogP) is 4.07. The van der Waals surface area contributed by atoms with Crippen LogP contribution in [0.2, 0.25) is 5.02 Å². The number of nitrogens with zero attached hydrogens (tertiary/aromatic N) is 3. The number of fused-ring (bicyclic) bond motifs is 1. The third-order valence-corrected chi connectivity index (χ3v) is 8.32. The summed E-state index contributed by atoms with van der Waals surface area (Å²) in [5.74, 6) is -1.04. The summed E-state index contributed by atoms with van der Waals surface area (Å²) < 4.78 is 29.1. The zero-order valence-corrected chi connectivity index (χ0v) is 22.3. The van der Waals surface area contributed by atoms with Gasteiger partial charge in [0, 0.05) is 42.8 Å². The lowest BCUT2D eigenvalue weighted by atomic mass is 9.93. The van der Waals surface area contributed by atoms with Crippen molar-refractivity contribution in [3.05, 3.63) is 88.6 Å². The predicted molar refractivity (Wildman–Crippen MR) is 145 cm³/mol. The summed E-state index contributed by atoms with van der Waals surface area (Å²) in [5, 5.41) is 0.610. The van der Waals surface area contributed by atoms with Gasteiger partial charge in [-0.1, -0.05) is 48.0 Å². The van der Waals surface area contributed by atoms with E-state index >= 15 is 0 Å². The molecule has 1 aliphatic rings. The average Bonchev–Trinajstić information content (AvgIpc) is 3.33. The average molecular weight is 541 g/mol. The number of anilines is 2. The number of pyridine rings is 1. The monoisotopic (exact) mass is 540 g/mol. The molecular weight excluding hydrogens is 512 g/mol. The van der Waals surface area contributed by atoms with Gasteiger partial charge in [-0.15, -0.1) is 0 Å². The summed E-state index contributed by atoms with van der Waals surface area (Å²) in [6.45, 7) is 2.08. The highest BCUT2D eigenvalue weighted by atomic mass is 35.5. The van der Waals surface area contributed by atoms with Crippen LogP contribution in [0.5, 0.6) is 0 Å². The zero-order chi connectivity index (χ0) is 26.6. The summed E-state index contributed by atoms with van der Waals surface area (Å²) in [6, 6.07) is 18.4. The molecular formula is C27H29ClN4O4S. The van der Waals surface area contributed by atoms with Gasteiger partial charge in [0.05, 0.1) is 0 Å². The molecule has 8 nitrogen and oxygen atoms in total. The van der Waals surface area contributed by atoms with Crippen molar-refractivity contribution in [2.75, 3.05) is 22.8 Å². The first-order chi connectivity index (χ1) is 17.7. The number of carbonyl (C=O) groups is 2. The van der Waals surface area contributed by atoms with E-state index in [0.717, 1.165) is 21.0 Å². The first kappa shape index (κ1) is 26.6. The van der Waals surface area contributed by atoms with Crippen molar-refractivity contribution in [2.24, 2.45) is 5.92 Å². The summed E-state index contributed by atoms with van der Waals surface area (Å²) in [7, 11) is -2.42. The van der Waals surface area contributed by atoms with Gasteiger partial charge in [-0.25, -0.2) is 14.0 Å². The minimum Gasteiger partial charge on any atom is -0.315 e. The number of carbonyl (C=O) groups excluding carboxylic acids is 2. The fourth-order valence-corrected chi connectivity index (χ4v) is 5.76. The van der Waals surface area contributed by atoms with Gasteiger partial charge in [0.2, 0.25) is 11.8 Å². The molecule has 0 bridgehead atoms. The van der Waals surface area contributed by atoms with Crippen molar-refractivity contribution in [2.45, 2.75) is 32.6 Å². The lowest BCUT2D eigenvalue weighted by Crippen LogP contribution is -2.43. The van der Waals surface area contributed by atoms with E-state index in [4.69, 9.17) is 11.6 Å². The molecule has 0 radical (unpaired) electrons. The van der Waals surface area contributed by atoms with Crippen molar-refractivity contribution in [1.29, 1.82) is 0 Å². The Morgan fingerprint density at radius 2 is 1.89 bits per heavy atom. The first-order valence-corrected chi connectivity index (χ1v) is 13.8. The number of hydrogen-bond donors (Lipinski definition) is 1. The van der Waals surface area contributed by atoms with Gasteiger partial charge in [-0.2, -0.15) is 8.42 Å². The van der Waals surface area contributed by atoms with Crippen LogP contribution in [0.3, 0.4) is 0 Å². The van der Waals surface area contributed by atoms with Crippen LogP contribution in [-0.4, -0.2) is 38.8 Å². The van der Waals surface area contributed by atoms with Crippen molar-refractivity contribution in [3.8, 4) is 0 Å². The highest BCUT2D eigenvalue weighted by Crippen LogP contribution is 2.28. The molecule has 2 heterocycles. The van der Waals surface area contributed by atoms with Gasteiger partial charge < -0.3 is 4.90 Å². The van der Waals surface area contributed by atoms with E-state index in [0.29, 0.717) is 29.4 Å². The normalized spacial score (nSPS) is 13.6. The van der Waals surface area contributed by atoms with E-state index in [2.05, 4.69) is 9.71 Å². The van der Waals surface area contributed by atoms with E-state index in [1.165, 1.54) is 6.20 Å². The number of rotatable bonds is 9. The molecule has 0 saturated carbocycles. The lowest BCUT2D eigenvalue weighted by Gasteiger charge is -2.25. The Morgan fingerprint density at radius 3 is 2.62 bits per heavy atom. The van der Waals surface area contributed by atoms with Crippen LogP contribution in [0.25, 0.3) is 0 Å². The number of amides is 2. The lowest BCUT2D eigenvalue weighted by molar-refractivity contribution is -0.123. The minimum atomic E-state index is -4.10. The van der Waals surface area contributed by atoms with Crippen molar-refractivity contribution < 1.29 is 18.0 Å². The molecule has 1 N–H and O–H groups in total. The Balaban J connectivity index is 1.46. The van der Waals surface area contributed by atoms with E-state index in [9.17, 15) is 18.0 Å². The summed E-state index contributed by atoms with van der Waals surface area (Å²) in [6.07, 6.45) is 2.52. The Hall–Kier alpha value is -3.43. The number of aryl methyl sites for hydroxylation is 1. The third-order valence-electron chi connectivity index (χ3n) is 6.47. The largest absolute Gasteiger partial charge is 0.327 e. The molecule has 194 valence electrons. The van der Waals surface area contributed by atoms with Crippen LogP contribution in [0.1, 0.15) is 29.5 Å². The van der Waals surface area contributed by atoms with Crippen molar-refractivity contribution >= 4 is 45.1 Å². The van der Waals surface area contributed by atoms with Crippen LogP contribution in [0.4, 0.5) is 11.5 Å². The molecule has 1 atom stereocenters. The highest BCUT2D eigenvalue weighted by Gasteiger charge is 2.32. The molecule has 1 aromatic heterocycles. The molecule has 37 heavy (non-hydrogen) atoms. The number of aromatic nitrogens is 1. The van der Waals surface area contributed by atoms with Crippen LogP contribution in [0, 0.1) is 12.8 Å². The molecule has 4 rings (SSSR count). The van der Waals surface area contributed by atoms with E-state index < -0.39 is 22.0 Å². The van der Waals surface area contributed by atoms with Gasteiger partial charge in [0.25, 0.3) is 0 Å². The molecule has 0 saturated heterocycles. The second-order valence-electron chi connectivity index (χ2n) is 9.09. The standard InChI is InChI=1S/C27H29ClN4O4S/c1-19-17-23(11-12-24(19)28)31(2)27(34)22(18-20-7-4-3-5-8-20)10-13-25(33)30-37(35,36)32-16-14-21-9-6-15-29-26(21)32/h3-9,11-12,15,17,22H,10,13-14,16,18H2,1-2H3,(H,30,33)/t22-/m0/s1. The number of nitrogens with one attached hydrogen (secondary N) is 1. The molecule has 1 aliphatic heterocycles. The number of hydrogen-bond acceptors (Lipinski definition) is 5. The fourth-order valence-electron chi connectivity index (χ4n) is 4.42. The van der Waals surface area contributed by atoms with E-state index in [-0.39, 0.29) is 25.3 Å². The van der Waals surface area contributed by atoms with Gasteiger partial charge in [0.15, 0.2) is 0 Å². The smallest absolute Gasteiger partial charge is 0.315 e. The Labute approximate surface area is 222 Å². The molecule has 2 amide bonds. The molecule has 2 aromatic carbocycles. The van der Waals surface area contributed by atoms with Crippen LogP contribution < -0.4 is 13.9 Å². The summed E-state index contributed by atoms with van der Waals surface area (Å²) in [5.41, 5.74) is 3.31. The van der Waals surface area contributed by atoms with E-state index in [1.54, 1.807) is 30.1 Å². The van der Waals surface area contributed by atoms with Gasteiger partial charge >= 0.3 is 10.2 Å². The van der Waals surface area contributed by atoms with Gasteiger partial charge in [0.1, 0.15) is 5.82 Å². The van der Waals surface area contributed by atoms with Crippen molar-refractivity contribution in [1.82, 2.24) is 9.71 Å². The second-order valence-corrected chi connectivity index (χ2v) is 11.1. The molecule has 0 fully saturated rings. The van der Waals surface area contributed by atoms with Crippen LogP contribution >= 0.6 is 11.6 Å². The molecule has 0 unspecified atom stereocenters. The summed E-state index contributed by atoms with van der Waals surface area (Å²) in [4.78, 5) is 32.0. The maximum absolute atomic E-state index is 13.5. The minimum absolute atomic E-state index is 0.126. The maximum Gasteiger partial charge on any atom is 0.327 e. The Bertz CT molecular complexity index is 1400. The van der Waals surface area contributed by atoms with E-state index in [1.807, 2.05) is 49.4 Å². The molecule has 0 aliphatic carbocycles. The SMILES string of the molecule is Cc1cc(N(C)C(=O)[C@@H](CCC(=O)NS(=O)(=O)N2CCc3cccnc32)Cc2ccccc2)ccc1Cl. The highest BCUT2D eigenvalue weighted by molar-refractivity contribution is 7.91. The zero-order valence-electron chi connectivity index (χ0n) is 20.7. The van der Waals surface area contributed by atoms with Crippen molar-refractivity contribution in [3.63, 3.8) is 0 Å².